The normalized spacial score (nSPS) is 11.7. The van der Waals surface area contributed by atoms with Crippen LogP contribution >= 0.6 is 23.1 Å². The molecule has 3 aromatic rings. The number of anilines is 1. The van der Waals surface area contributed by atoms with E-state index in [0.29, 0.717) is 22.7 Å². The summed E-state index contributed by atoms with van der Waals surface area (Å²) in [6.45, 7) is 4.46. The van der Waals surface area contributed by atoms with Gasteiger partial charge < -0.3 is 19.9 Å². The highest BCUT2D eigenvalue weighted by molar-refractivity contribution is 7.99. The Kier molecular flexibility index (Phi) is 8.01. The van der Waals surface area contributed by atoms with Crippen molar-refractivity contribution >= 4 is 40.0 Å². The summed E-state index contributed by atoms with van der Waals surface area (Å²) in [6.07, 6.45) is 1.89. The highest BCUT2D eigenvalue weighted by Crippen LogP contribution is 2.21. The van der Waals surface area contributed by atoms with Gasteiger partial charge in [-0.15, -0.1) is 21.5 Å². The maximum Gasteiger partial charge on any atom is 0.236 e. The minimum Gasteiger partial charge on any atom is -0.497 e. The number of thiazole rings is 1. The minimum atomic E-state index is -0.323. The molecule has 0 saturated heterocycles. The largest absolute Gasteiger partial charge is 0.497 e. The van der Waals surface area contributed by atoms with Crippen LogP contribution in [0.1, 0.15) is 31.3 Å². The van der Waals surface area contributed by atoms with Gasteiger partial charge in [0.05, 0.1) is 25.3 Å². The molecule has 0 bridgehead atoms. The van der Waals surface area contributed by atoms with Crippen LogP contribution in [-0.2, 0) is 22.6 Å². The lowest BCUT2D eigenvalue weighted by Gasteiger charge is -2.15. The molecule has 2 N–H and O–H groups in total. The van der Waals surface area contributed by atoms with Gasteiger partial charge >= 0.3 is 0 Å². The first-order chi connectivity index (χ1) is 15.0. The molecule has 1 atom stereocenters. The zero-order valence-electron chi connectivity index (χ0n) is 17.5. The van der Waals surface area contributed by atoms with Crippen LogP contribution in [0.5, 0.6) is 5.75 Å². The number of hydrogen-bond acceptors (Lipinski definition) is 8. The van der Waals surface area contributed by atoms with Crippen molar-refractivity contribution in [1.82, 2.24) is 25.1 Å². The average molecular weight is 461 g/mol. The van der Waals surface area contributed by atoms with E-state index in [4.69, 9.17) is 4.74 Å². The van der Waals surface area contributed by atoms with Crippen LogP contribution in [0, 0.1) is 0 Å². The second-order valence-electron chi connectivity index (χ2n) is 6.57. The Balaban J connectivity index is 1.56. The molecule has 2 amide bonds. The van der Waals surface area contributed by atoms with Gasteiger partial charge in [-0.3, -0.25) is 9.59 Å². The number of nitrogens with zero attached hydrogens (tertiary/aromatic N) is 4. The number of ether oxygens (including phenoxy) is 1. The number of benzene rings is 1. The van der Waals surface area contributed by atoms with E-state index in [1.807, 2.05) is 42.7 Å². The van der Waals surface area contributed by atoms with E-state index in [1.165, 1.54) is 23.1 Å². The van der Waals surface area contributed by atoms with Gasteiger partial charge in [-0.25, -0.2) is 4.98 Å². The number of carbonyl (C=O) groups is 2. The number of aromatic nitrogens is 4. The Hall–Kier alpha value is -2.92. The van der Waals surface area contributed by atoms with Gasteiger partial charge in [-0.2, -0.15) is 0 Å². The summed E-state index contributed by atoms with van der Waals surface area (Å²) >= 11 is 2.66. The second kappa shape index (κ2) is 10.9. The predicted octanol–water partition coefficient (Wildman–Crippen LogP) is 2.91. The smallest absolute Gasteiger partial charge is 0.236 e. The van der Waals surface area contributed by atoms with E-state index in [2.05, 4.69) is 25.8 Å². The van der Waals surface area contributed by atoms with Crippen molar-refractivity contribution in [3.05, 3.63) is 47.2 Å². The number of thioether (sulfide) groups is 1. The fourth-order valence-electron chi connectivity index (χ4n) is 2.88. The van der Waals surface area contributed by atoms with Crippen LogP contribution in [0.25, 0.3) is 0 Å². The van der Waals surface area contributed by atoms with Crippen molar-refractivity contribution in [1.29, 1.82) is 0 Å². The number of carbonyl (C=O) groups excluding carboxylic acids is 2. The molecular weight excluding hydrogens is 436 g/mol. The number of amides is 2. The lowest BCUT2D eigenvalue weighted by Crippen LogP contribution is -2.30. The summed E-state index contributed by atoms with van der Waals surface area (Å²) in [4.78, 5) is 28.6. The third-order valence-corrected chi connectivity index (χ3v) is 6.02. The number of hydrogen-bond donors (Lipinski definition) is 2. The van der Waals surface area contributed by atoms with Crippen LogP contribution < -0.4 is 15.4 Å². The van der Waals surface area contributed by atoms with Crippen molar-refractivity contribution in [2.45, 2.75) is 38.0 Å². The lowest BCUT2D eigenvalue weighted by molar-refractivity contribution is -0.121. The minimum absolute atomic E-state index is 0.111. The van der Waals surface area contributed by atoms with Gasteiger partial charge in [0, 0.05) is 18.1 Å². The van der Waals surface area contributed by atoms with Crippen molar-refractivity contribution < 1.29 is 14.3 Å². The van der Waals surface area contributed by atoms with Crippen LogP contribution in [0.4, 0.5) is 5.13 Å². The van der Waals surface area contributed by atoms with Gasteiger partial charge in [0.15, 0.2) is 16.1 Å². The van der Waals surface area contributed by atoms with Gasteiger partial charge in [-0.1, -0.05) is 23.9 Å². The third kappa shape index (κ3) is 6.28. The van der Waals surface area contributed by atoms with Crippen molar-refractivity contribution in [3.63, 3.8) is 0 Å². The maximum atomic E-state index is 12.5. The molecule has 3 rings (SSSR count). The Morgan fingerprint density at radius 2 is 2.00 bits per heavy atom. The topological polar surface area (TPSA) is 111 Å². The molecule has 9 nitrogen and oxygen atoms in total. The first-order valence-corrected chi connectivity index (χ1v) is 11.5. The predicted molar refractivity (Wildman–Crippen MR) is 120 cm³/mol. The van der Waals surface area contributed by atoms with Crippen molar-refractivity contribution in [2.24, 2.45) is 0 Å². The SMILES string of the molecule is CCn1c(SCC(=O)Nc2nccs2)nnc1[C@@H](C)NC(=O)Cc1ccc(OC)cc1. The van der Waals surface area contributed by atoms with E-state index >= 15 is 0 Å². The van der Waals surface area contributed by atoms with Gasteiger partial charge in [0.25, 0.3) is 0 Å². The molecule has 11 heteroatoms. The first kappa shape index (κ1) is 22.8. The fourth-order valence-corrected chi connectivity index (χ4v) is 4.24. The second-order valence-corrected chi connectivity index (χ2v) is 8.41. The molecule has 0 aliphatic rings. The molecular formula is C20H24N6O3S2. The summed E-state index contributed by atoms with van der Waals surface area (Å²) in [7, 11) is 1.60. The molecule has 0 fully saturated rings. The van der Waals surface area contributed by atoms with Gasteiger partial charge in [0.1, 0.15) is 5.75 Å². The number of nitrogens with one attached hydrogen (secondary N) is 2. The molecule has 0 saturated carbocycles. The van der Waals surface area contributed by atoms with E-state index in [-0.39, 0.29) is 30.0 Å². The van der Waals surface area contributed by atoms with Crippen LogP contribution in [-0.4, -0.2) is 44.4 Å². The van der Waals surface area contributed by atoms with Crippen molar-refractivity contribution in [2.75, 3.05) is 18.2 Å². The van der Waals surface area contributed by atoms with E-state index in [1.54, 1.807) is 18.7 Å². The monoisotopic (exact) mass is 460 g/mol. The highest BCUT2D eigenvalue weighted by atomic mass is 32.2. The quantitative estimate of drug-likeness (QED) is 0.448. The Morgan fingerprint density at radius 1 is 1.23 bits per heavy atom. The average Bonchev–Trinajstić information content (AvgIpc) is 3.42. The van der Waals surface area contributed by atoms with Gasteiger partial charge in [-0.05, 0) is 31.5 Å². The molecule has 0 aliphatic heterocycles. The molecule has 2 heterocycles. The summed E-state index contributed by atoms with van der Waals surface area (Å²) in [5, 5.41) is 17.1. The maximum absolute atomic E-state index is 12.5. The lowest BCUT2D eigenvalue weighted by atomic mass is 10.1. The standard InChI is InChI=1S/C20H24N6O3S2/c1-4-26-18(13(2)22-16(27)11-14-5-7-15(29-3)8-6-14)24-25-20(26)31-12-17(28)23-19-21-9-10-30-19/h5-10,13H,4,11-12H2,1-3H3,(H,22,27)(H,21,23,28)/t13-/m1/s1. The van der Waals surface area contributed by atoms with E-state index < -0.39 is 0 Å². The number of rotatable bonds is 10. The van der Waals surface area contributed by atoms with Crippen LogP contribution in [0.3, 0.4) is 0 Å². The summed E-state index contributed by atoms with van der Waals surface area (Å²) in [5.74, 6) is 1.32. The summed E-state index contributed by atoms with van der Waals surface area (Å²) in [6, 6.07) is 7.06. The summed E-state index contributed by atoms with van der Waals surface area (Å²) < 4.78 is 7.04. The van der Waals surface area contributed by atoms with Crippen LogP contribution in [0.2, 0.25) is 0 Å². The zero-order valence-corrected chi connectivity index (χ0v) is 19.1. The molecule has 0 spiro atoms. The molecule has 1 aromatic carbocycles. The number of methoxy groups -OCH3 is 1. The van der Waals surface area contributed by atoms with E-state index in [9.17, 15) is 9.59 Å². The summed E-state index contributed by atoms with van der Waals surface area (Å²) in [5.41, 5.74) is 0.893. The molecule has 31 heavy (non-hydrogen) atoms. The molecule has 0 radical (unpaired) electrons. The van der Waals surface area contributed by atoms with Crippen molar-refractivity contribution in [3.8, 4) is 5.75 Å². The van der Waals surface area contributed by atoms with Gasteiger partial charge in [0.2, 0.25) is 11.8 Å². The molecule has 0 aliphatic carbocycles. The molecule has 164 valence electrons. The van der Waals surface area contributed by atoms with E-state index in [0.717, 1.165) is 11.3 Å². The Labute approximate surface area is 188 Å². The Bertz CT molecular complexity index is 1000. The first-order valence-electron chi connectivity index (χ1n) is 9.67. The third-order valence-electron chi connectivity index (χ3n) is 4.36. The molecule has 0 unspecified atom stereocenters. The highest BCUT2D eigenvalue weighted by Gasteiger charge is 2.20. The zero-order chi connectivity index (χ0) is 22.2. The Morgan fingerprint density at radius 3 is 2.65 bits per heavy atom. The molecule has 2 aromatic heterocycles. The fraction of sp³-hybridized carbons (Fsp3) is 0.350. The van der Waals surface area contributed by atoms with Crippen LogP contribution in [0.15, 0.2) is 41.0 Å².